The van der Waals surface area contributed by atoms with E-state index in [1.807, 2.05) is 41.8 Å². The summed E-state index contributed by atoms with van der Waals surface area (Å²) in [6.45, 7) is 0. The molecule has 0 unspecified atom stereocenters. The SMILES string of the molecule is Clc1ccc(Cc2nc(-c3cccs3)no2)cc1. The maximum absolute atomic E-state index is 5.84. The minimum absolute atomic E-state index is 0.612. The van der Waals surface area contributed by atoms with E-state index in [0.717, 1.165) is 15.5 Å². The molecule has 2 heterocycles. The number of benzene rings is 1. The molecule has 0 radical (unpaired) electrons. The van der Waals surface area contributed by atoms with E-state index in [1.165, 1.54) is 0 Å². The van der Waals surface area contributed by atoms with Gasteiger partial charge in [-0.3, -0.25) is 0 Å². The molecule has 0 N–H and O–H groups in total. The van der Waals surface area contributed by atoms with Crippen LogP contribution in [0.15, 0.2) is 46.3 Å². The summed E-state index contributed by atoms with van der Waals surface area (Å²) in [5, 5.41) is 6.69. The maximum Gasteiger partial charge on any atom is 0.231 e. The van der Waals surface area contributed by atoms with Crippen LogP contribution in [0.1, 0.15) is 11.5 Å². The molecule has 0 atom stereocenters. The zero-order valence-electron chi connectivity index (χ0n) is 9.34. The third kappa shape index (κ3) is 2.44. The van der Waals surface area contributed by atoms with Crippen molar-refractivity contribution in [1.82, 2.24) is 10.1 Å². The monoisotopic (exact) mass is 276 g/mol. The molecule has 18 heavy (non-hydrogen) atoms. The largest absolute Gasteiger partial charge is 0.339 e. The van der Waals surface area contributed by atoms with Crippen molar-refractivity contribution in [3.8, 4) is 10.7 Å². The summed E-state index contributed by atoms with van der Waals surface area (Å²) in [4.78, 5) is 5.38. The van der Waals surface area contributed by atoms with Gasteiger partial charge in [0.2, 0.25) is 11.7 Å². The van der Waals surface area contributed by atoms with Crippen molar-refractivity contribution in [1.29, 1.82) is 0 Å². The highest BCUT2D eigenvalue weighted by Gasteiger charge is 2.09. The molecule has 3 aromatic rings. The number of aromatic nitrogens is 2. The molecule has 0 saturated carbocycles. The summed E-state index contributed by atoms with van der Waals surface area (Å²) in [5.41, 5.74) is 1.10. The lowest BCUT2D eigenvalue weighted by molar-refractivity contribution is 0.386. The zero-order chi connectivity index (χ0) is 12.4. The molecular formula is C13H9ClN2OS. The topological polar surface area (TPSA) is 38.9 Å². The van der Waals surface area contributed by atoms with Gasteiger partial charge in [0.25, 0.3) is 0 Å². The maximum atomic E-state index is 5.84. The van der Waals surface area contributed by atoms with Gasteiger partial charge >= 0.3 is 0 Å². The molecule has 0 amide bonds. The van der Waals surface area contributed by atoms with E-state index in [-0.39, 0.29) is 0 Å². The molecule has 2 aromatic heterocycles. The van der Waals surface area contributed by atoms with Gasteiger partial charge in [-0.15, -0.1) is 11.3 Å². The van der Waals surface area contributed by atoms with Gasteiger partial charge in [-0.1, -0.05) is 35.0 Å². The van der Waals surface area contributed by atoms with E-state index in [4.69, 9.17) is 16.1 Å². The molecular weight excluding hydrogens is 268 g/mol. The summed E-state index contributed by atoms with van der Waals surface area (Å²) in [6.07, 6.45) is 0.621. The molecule has 0 aliphatic heterocycles. The van der Waals surface area contributed by atoms with Gasteiger partial charge in [-0.05, 0) is 29.1 Å². The van der Waals surface area contributed by atoms with Crippen molar-refractivity contribution in [2.75, 3.05) is 0 Å². The summed E-state index contributed by atoms with van der Waals surface area (Å²) in [7, 11) is 0. The van der Waals surface area contributed by atoms with Crippen LogP contribution in [0, 0.1) is 0 Å². The Labute approximate surface area is 113 Å². The average molecular weight is 277 g/mol. The Hall–Kier alpha value is -1.65. The first kappa shape index (κ1) is 11.4. The lowest BCUT2D eigenvalue weighted by Gasteiger charge is -1.95. The van der Waals surface area contributed by atoms with Gasteiger partial charge in [-0.2, -0.15) is 4.98 Å². The van der Waals surface area contributed by atoms with Crippen LogP contribution >= 0.6 is 22.9 Å². The number of rotatable bonds is 3. The summed E-state index contributed by atoms with van der Waals surface area (Å²) in [5.74, 6) is 1.26. The first-order chi connectivity index (χ1) is 8.81. The Bertz CT molecular complexity index is 631. The number of thiophene rings is 1. The Balaban J connectivity index is 1.80. The molecule has 0 aliphatic rings. The van der Waals surface area contributed by atoms with Crippen LogP contribution in [0.3, 0.4) is 0 Å². The number of halogens is 1. The predicted octanol–water partition coefficient (Wildman–Crippen LogP) is 4.04. The fourth-order valence-corrected chi connectivity index (χ4v) is 2.38. The Morgan fingerprint density at radius 3 is 2.72 bits per heavy atom. The molecule has 1 aromatic carbocycles. The van der Waals surface area contributed by atoms with Crippen LogP contribution in [-0.4, -0.2) is 10.1 Å². The highest BCUT2D eigenvalue weighted by atomic mass is 35.5. The van der Waals surface area contributed by atoms with Gasteiger partial charge in [0, 0.05) is 5.02 Å². The van der Waals surface area contributed by atoms with Gasteiger partial charge in [0.05, 0.1) is 11.3 Å². The number of hydrogen-bond donors (Lipinski definition) is 0. The minimum atomic E-state index is 0.612. The van der Waals surface area contributed by atoms with E-state index in [1.54, 1.807) is 11.3 Å². The van der Waals surface area contributed by atoms with Gasteiger partial charge in [-0.25, -0.2) is 0 Å². The van der Waals surface area contributed by atoms with E-state index < -0.39 is 0 Å². The van der Waals surface area contributed by atoms with Crippen LogP contribution in [0.5, 0.6) is 0 Å². The molecule has 0 saturated heterocycles. The fourth-order valence-electron chi connectivity index (χ4n) is 1.61. The van der Waals surface area contributed by atoms with E-state index >= 15 is 0 Å². The Morgan fingerprint density at radius 1 is 1.17 bits per heavy atom. The second kappa shape index (κ2) is 4.92. The lowest BCUT2D eigenvalue weighted by atomic mass is 10.1. The van der Waals surface area contributed by atoms with Gasteiger partial charge in [0.15, 0.2) is 0 Å². The fraction of sp³-hybridized carbons (Fsp3) is 0.0769. The summed E-state index contributed by atoms with van der Waals surface area (Å²) in [6, 6.07) is 11.6. The van der Waals surface area contributed by atoms with Crippen molar-refractivity contribution in [2.24, 2.45) is 0 Å². The molecule has 90 valence electrons. The third-order valence-electron chi connectivity index (χ3n) is 2.48. The summed E-state index contributed by atoms with van der Waals surface area (Å²) < 4.78 is 5.24. The predicted molar refractivity (Wildman–Crippen MR) is 71.9 cm³/mol. The van der Waals surface area contributed by atoms with Crippen molar-refractivity contribution in [3.05, 3.63) is 58.3 Å². The second-order valence-corrected chi connectivity index (χ2v) is 5.18. The van der Waals surface area contributed by atoms with Crippen molar-refractivity contribution in [3.63, 3.8) is 0 Å². The van der Waals surface area contributed by atoms with Crippen molar-refractivity contribution < 1.29 is 4.52 Å². The standard InChI is InChI=1S/C13H9ClN2OS/c14-10-5-3-9(4-6-10)8-12-15-13(16-17-12)11-2-1-7-18-11/h1-7H,8H2. The molecule has 5 heteroatoms. The van der Waals surface area contributed by atoms with Gasteiger partial charge < -0.3 is 4.52 Å². The molecule has 0 aliphatic carbocycles. The number of nitrogens with zero attached hydrogens (tertiary/aromatic N) is 2. The molecule has 0 bridgehead atoms. The summed E-state index contributed by atoms with van der Waals surface area (Å²) >= 11 is 7.43. The van der Waals surface area contributed by atoms with Crippen molar-refractivity contribution >= 4 is 22.9 Å². The first-order valence-corrected chi connectivity index (χ1v) is 6.68. The average Bonchev–Trinajstić information content (AvgIpc) is 3.02. The minimum Gasteiger partial charge on any atom is -0.339 e. The van der Waals surface area contributed by atoms with E-state index in [0.29, 0.717) is 18.1 Å². The second-order valence-electron chi connectivity index (χ2n) is 3.79. The van der Waals surface area contributed by atoms with Crippen LogP contribution in [-0.2, 0) is 6.42 Å². The number of hydrogen-bond acceptors (Lipinski definition) is 4. The van der Waals surface area contributed by atoms with Crippen LogP contribution in [0.4, 0.5) is 0 Å². The smallest absolute Gasteiger partial charge is 0.231 e. The Morgan fingerprint density at radius 2 is 2.00 bits per heavy atom. The lowest BCUT2D eigenvalue weighted by Crippen LogP contribution is -1.87. The zero-order valence-corrected chi connectivity index (χ0v) is 10.9. The molecule has 3 rings (SSSR count). The highest BCUT2D eigenvalue weighted by Crippen LogP contribution is 2.22. The van der Waals surface area contributed by atoms with Gasteiger partial charge in [0.1, 0.15) is 0 Å². The molecule has 0 spiro atoms. The molecule has 0 fully saturated rings. The highest BCUT2D eigenvalue weighted by molar-refractivity contribution is 7.13. The normalized spacial score (nSPS) is 10.7. The van der Waals surface area contributed by atoms with Crippen LogP contribution in [0.2, 0.25) is 5.02 Å². The van der Waals surface area contributed by atoms with E-state index in [9.17, 15) is 0 Å². The van der Waals surface area contributed by atoms with Crippen LogP contribution in [0.25, 0.3) is 10.7 Å². The van der Waals surface area contributed by atoms with Crippen LogP contribution < -0.4 is 0 Å². The molecule has 3 nitrogen and oxygen atoms in total. The third-order valence-corrected chi connectivity index (χ3v) is 3.60. The van der Waals surface area contributed by atoms with E-state index in [2.05, 4.69) is 10.1 Å². The Kier molecular flexibility index (Phi) is 3.13. The first-order valence-electron chi connectivity index (χ1n) is 5.42. The quantitative estimate of drug-likeness (QED) is 0.725. The van der Waals surface area contributed by atoms with Crippen molar-refractivity contribution in [2.45, 2.75) is 6.42 Å².